The monoisotopic (exact) mass is 454 g/mol. The molecule has 0 bridgehead atoms. The molecule has 0 aliphatic carbocycles. The molecule has 1 heterocycles. The molecule has 3 aromatic rings. The van der Waals surface area contributed by atoms with Crippen LogP contribution >= 0.6 is 0 Å². The van der Waals surface area contributed by atoms with E-state index in [0.717, 1.165) is 37.7 Å². The Bertz CT molecular complexity index is 1100. The van der Waals surface area contributed by atoms with Crippen LogP contribution in [0.25, 0.3) is 22.3 Å². The van der Waals surface area contributed by atoms with Gasteiger partial charge < -0.3 is 24.8 Å². The molecule has 178 valence electrons. The van der Waals surface area contributed by atoms with Crippen LogP contribution in [-0.2, 0) is 6.42 Å². The van der Waals surface area contributed by atoms with Gasteiger partial charge in [0.25, 0.3) is 0 Å². The maximum absolute atomic E-state index is 12.8. The van der Waals surface area contributed by atoms with E-state index in [2.05, 4.69) is 0 Å². The molecular weight excluding hydrogens is 420 g/mol. The van der Waals surface area contributed by atoms with E-state index in [4.69, 9.17) is 9.52 Å². The van der Waals surface area contributed by atoms with Gasteiger partial charge in [-0.2, -0.15) is 0 Å². The van der Waals surface area contributed by atoms with Crippen molar-refractivity contribution in [3.8, 4) is 28.6 Å². The Balaban J connectivity index is 1.53. The van der Waals surface area contributed by atoms with Gasteiger partial charge in [0.2, 0.25) is 11.2 Å². The van der Waals surface area contributed by atoms with Gasteiger partial charge in [-0.05, 0) is 55.2 Å². The summed E-state index contributed by atoms with van der Waals surface area (Å²) in [6.07, 6.45) is 12.5. The quantitative estimate of drug-likeness (QED) is 0.186. The van der Waals surface area contributed by atoms with Crippen LogP contribution in [0.1, 0.15) is 69.8 Å². The Morgan fingerprint density at radius 1 is 0.697 bits per heavy atom. The van der Waals surface area contributed by atoms with Gasteiger partial charge in [0.05, 0.1) is 5.39 Å². The number of aryl methyl sites for hydroxylation is 1. The molecule has 6 nitrogen and oxygen atoms in total. The second-order valence-electron chi connectivity index (χ2n) is 8.65. The van der Waals surface area contributed by atoms with Crippen molar-refractivity contribution >= 4 is 11.0 Å². The highest BCUT2D eigenvalue weighted by molar-refractivity contribution is 5.82. The van der Waals surface area contributed by atoms with Crippen molar-refractivity contribution in [2.45, 2.75) is 70.6 Å². The molecule has 0 unspecified atom stereocenters. The molecule has 0 aliphatic heterocycles. The summed E-state index contributed by atoms with van der Waals surface area (Å²) in [5.74, 6) is -1.20. The average Bonchev–Trinajstić information content (AvgIpc) is 2.82. The third-order valence-electron chi connectivity index (χ3n) is 6.04. The number of benzene rings is 2. The van der Waals surface area contributed by atoms with Crippen molar-refractivity contribution in [3.63, 3.8) is 0 Å². The lowest BCUT2D eigenvalue weighted by atomic mass is 10.0. The summed E-state index contributed by atoms with van der Waals surface area (Å²) in [6.45, 7) is 0.301. The van der Waals surface area contributed by atoms with Crippen molar-refractivity contribution < 1.29 is 24.8 Å². The first-order valence-corrected chi connectivity index (χ1v) is 11.9. The van der Waals surface area contributed by atoms with Gasteiger partial charge in [0.1, 0.15) is 5.58 Å². The molecule has 6 heteroatoms. The number of phenolic OH excluding ortho intramolecular Hbond substituents is 2. The number of aromatic hydroxyl groups is 3. The third-order valence-corrected chi connectivity index (χ3v) is 6.04. The fourth-order valence-corrected chi connectivity index (χ4v) is 4.10. The number of hydrogen-bond donors (Lipinski definition) is 4. The number of aliphatic hydroxyl groups is 1. The minimum absolute atomic E-state index is 0.0380. The second-order valence-corrected chi connectivity index (χ2v) is 8.65. The molecule has 33 heavy (non-hydrogen) atoms. The molecular formula is C27H34O6. The Morgan fingerprint density at radius 3 is 1.97 bits per heavy atom. The van der Waals surface area contributed by atoms with Crippen LogP contribution in [-0.4, -0.2) is 27.0 Å². The molecule has 0 spiro atoms. The second kappa shape index (κ2) is 12.3. The summed E-state index contributed by atoms with van der Waals surface area (Å²) in [4.78, 5) is 12.8. The van der Waals surface area contributed by atoms with Crippen LogP contribution in [0.3, 0.4) is 0 Å². The highest BCUT2D eigenvalue weighted by Crippen LogP contribution is 2.35. The van der Waals surface area contributed by atoms with Gasteiger partial charge in [-0.3, -0.25) is 4.79 Å². The molecule has 1 aromatic heterocycles. The Kier molecular flexibility index (Phi) is 9.19. The topological polar surface area (TPSA) is 111 Å². The Hall–Kier alpha value is -2.99. The van der Waals surface area contributed by atoms with Crippen molar-refractivity contribution in [1.29, 1.82) is 0 Å². The van der Waals surface area contributed by atoms with Crippen LogP contribution in [0, 0.1) is 0 Å². The lowest BCUT2D eigenvalue weighted by Gasteiger charge is -2.08. The van der Waals surface area contributed by atoms with Crippen molar-refractivity contribution in [2.24, 2.45) is 0 Å². The number of rotatable bonds is 13. The molecule has 4 N–H and O–H groups in total. The average molecular weight is 455 g/mol. The largest absolute Gasteiger partial charge is 0.504 e. The molecule has 3 rings (SSSR count). The van der Waals surface area contributed by atoms with Crippen LogP contribution < -0.4 is 5.43 Å². The minimum Gasteiger partial charge on any atom is -0.504 e. The first-order chi connectivity index (χ1) is 16.0. The first kappa shape index (κ1) is 24.6. The number of unbranched alkanes of at least 4 members (excludes halogenated alkanes) is 9. The number of phenols is 2. The maximum atomic E-state index is 12.8. The molecule has 0 amide bonds. The number of aliphatic hydroxyl groups excluding tert-OH is 1. The summed E-state index contributed by atoms with van der Waals surface area (Å²) in [5.41, 5.74) is 1.19. The van der Waals surface area contributed by atoms with E-state index in [9.17, 15) is 20.1 Å². The predicted octanol–water partition coefficient (Wildman–Crippen LogP) is 6.01. The maximum Gasteiger partial charge on any atom is 0.235 e. The van der Waals surface area contributed by atoms with Gasteiger partial charge >= 0.3 is 0 Å². The fourth-order valence-electron chi connectivity index (χ4n) is 4.10. The summed E-state index contributed by atoms with van der Waals surface area (Å²) in [6, 6.07) is 9.44. The highest BCUT2D eigenvalue weighted by Gasteiger charge is 2.17. The summed E-state index contributed by atoms with van der Waals surface area (Å²) in [7, 11) is 0. The van der Waals surface area contributed by atoms with Crippen molar-refractivity contribution in [1.82, 2.24) is 0 Å². The lowest BCUT2D eigenvalue weighted by molar-refractivity contribution is 0.282. The van der Waals surface area contributed by atoms with Crippen LogP contribution in [0.5, 0.6) is 17.2 Å². The molecule has 0 atom stereocenters. The van der Waals surface area contributed by atoms with Crippen LogP contribution in [0.2, 0.25) is 0 Å². The van der Waals surface area contributed by atoms with Gasteiger partial charge in [0.15, 0.2) is 17.3 Å². The summed E-state index contributed by atoms with van der Waals surface area (Å²) >= 11 is 0. The predicted molar refractivity (Wildman–Crippen MR) is 130 cm³/mol. The van der Waals surface area contributed by atoms with Crippen LogP contribution in [0.15, 0.2) is 45.6 Å². The zero-order valence-corrected chi connectivity index (χ0v) is 19.1. The first-order valence-electron chi connectivity index (χ1n) is 11.9. The standard InChI is InChI=1S/C27H34O6/c28-16-10-8-6-4-2-1-3-5-7-9-11-19-12-15-24-21(17-19)25(31)26(32)27(33-24)20-13-14-22(29)23(30)18-20/h12-15,17-18,28-30,32H,1-11,16H2. The van der Waals surface area contributed by atoms with Crippen molar-refractivity contribution in [3.05, 3.63) is 52.2 Å². The van der Waals surface area contributed by atoms with Gasteiger partial charge in [-0.15, -0.1) is 0 Å². The van der Waals surface area contributed by atoms with E-state index in [1.807, 2.05) is 6.07 Å². The molecule has 0 saturated carbocycles. The highest BCUT2D eigenvalue weighted by atomic mass is 16.4. The van der Waals surface area contributed by atoms with Crippen molar-refractivity contribution in [2.75, 3.05) is 6.61 Å². The van der Waals surface area contributed by atoms with E-state index in [0.29, 0.717) is 23.1 Å². The summed E-state index contributed by atoms with van der Waals surface area (Å²) < 4.78 is 5.77. The number of fused-ring (bicyclic) bond motifs is 1. The van der Waals surface area contributed by atoms with E-state index in [1.165, 1.54) is 56.7 Å². The Labute approximate surface area is 194 Å². The van der Waals surface area contributed by atoms with Gasteiger partial charge in [0, 0.05) is 12.2 Å². The molecule has 0 radical (unpaired) electrons. The third kappa shape index (κ3) is 6.75. The van der Waals surface area contributed by atoms with E-state index in [1.54, 1.807) is 12.1 Å². The van der Waals surface area contributed by atoms with E-state index >= 15 is 0 Å². The minimum atomic E-state index is -0.514. The lowest BCUT2D eigenvalue weighted by Crippen LogP contribution is -2.03. The smallest absolute Gasteiger partial charge is 0.235 e. The van der Waals surface area contributed by atoms with Gasteiger partial charge in [-0.1, -0.05) is 57.4 Å². The molecule has 0 fully saturated rings. The fraction of sp³-hybridized carbons (Fsp3) is 0.444. The normalized spacial score (nSPS) is 11.3. The van der Waals surface area contributed by atoms with Crippen LogP contribution in [0.4, 0.5) is 0 Å². The van der Waals surface area contributed by atoms with E-state index in [-0.39, 0.29) is 17.3 Å². The Morgan fingerprint density at radius 2 is 1.33 bits per heavy atom. The summed E-state index contributed by atoms with van der Waals surface area (Å²) in [5, 5.41) is 38.7. The van der Waals surface area contributed by atoms with Gasteiger partial charge in [-0.25, -0.2) is 0 Å². The van der Waals surface area contributed by atoms with E-state index < -0.39 is 11.2 Å². The zero-order chi connectivity index (χ0) is 23.6. The molecule has 0 saturated heterocycles. The zero-order valence-electron chi connectivity index (χ0n) is 19.1. The molecule has 0 aliphatic rings. The molecule has 2 aromatic carbocycles. The number of hydrogen-bond acceptors (Lipinski definition) is 6. The SMILES string of the molecule is O=c1c(O)c(-c2ccc(O)c(O)c2)oc2ccc(CCCCCCCCCCCCO)cc12.